The second-order valence-electron chi connectivity index (χ2n) is 5.58. The topological polar surface area (TPSA) is 75.3 Å². The van der Waals surface area contributed by atoms with Crippen LogP contribution in [0.2, 0.25) is 0 Å². The molecule has 0 heterocycles. The molecule has 2 N–H and O–H groups in total. The highest BCUT2D eigenvalue weighted by Crippen LogP contribution is 2.22. The third-order valence-electron chi connectivity index (χ3n) is 3.61. The van der Waals surface area contributed by atoms with Crippen molar-refractivity contribution in [3.05, 3.63) is 90.0 Å². The van der Waals surface area contributed by atoms with E-state index < -0.39 is 27.6 Å². The summed E-state index contributed by atoms with van der Waals surface area (Å²) in [5.74, 6) is -2.05. The molecule has 0 bridgehead atoms. The second-order valence-corrected chi connectivity index (χ2v) is 7.26. The number of sulfonamides is 1. The van der Waals surface area contributed by atoms with Gasteiger partial charge in [0.15, 0.2) is 0 Å². The van der Waals surface area contributed by atoms with Gasteiger partial charge in [0.25, 0.3) is 15.9 Å². The zero-order chi connectivity index (χ0) is 19.4. The predicted molar refractivity (Wildman–Crippen MR) is 98.0 cm³/mol. The van der Waals surface area contributed by atoms with Crippen LogP contribution >= 0.6 is 0 Å². The van der Waals surface area contributed by atoms with E-state index in [0.717, 1.165) is 24.3 Å². The van der Waals surface area contributed by atoms with E-state index in [4.69, 9.17) is 0 Å². The van der Waals surface area contributed by atoms with Gasteiger partial charge in [0.1, 0.15) is 11.6 Å². The van der Waals surface area contributed by atoms with Gasteiger partial charge in [-0.3, -0.25) is 9.52 Å². The van der Waals surface area contributed by atoms with Crippen molar-refractivity contribution in [3.63, 3.8) is 0 Å². The molecule has 1 amide bonds. The molecule has 0 saturated carbocycles. The zero-order valence-corrected chi connectivity index (χ0v) is 14.6. The van der Waals surface area contributed by atoms with Gasteiger partial charge in [-0.05, 0) is 48.5 Å². The smallest absolute Gasteiger partial charge is 0.261 e. The van der Waals surface area contributed by atoms with E-state index in [1.54, 1.807) is 30.3 Å². The number of amides is 1. The summed E-state index contributed by atoms with van der Waals surface area (Å²) in [6.07, 6.45) is 0. The normalized spacial score (nSPS) is 11.0. The summed E-state index contributed by atoms with van der Waals surface area (Å²) in [5.41, 5.74) is 0.187. The molecule has 0 spiro atoms. The molecule has 0 unspecified atom stereocenters. The van der Waals surface area contributed by atoms with E-state index in [2.05, 4.69) is 10.0 Å². The minimum Gasteiger partial charge on any atom is -0.319 e. The lowest BCUT2D eigenvalue weighted by Gasteiger charge is -2.11. The Hall–Kier alpha value is -3.26. The van der Waals surface area contributed by atoms with E-state index in [0.29, 0.717) is 5.56 Å². The van der Waals surface area contributed by atoms with E-state index in [1.807, 2.05) is 0 Å². The Bertz CT molecular complexity index is 1090. The van der Waals surface area contributed by atoms with Crippen LogP contribution in [0, 0.1) is 11.6 Å². The van der Waals surface area contributed by atoms with E-state index >= 15 is 0 Å². The van der Waals surface area contributed by atoms with Crippen LogP contribution in [0.3, 0.4) is 0 Å². The molecular weight excluding hydrogens is 374 g/mol. The van der Waals surface area contributed by atoms with Crippen LogP contribution in [0.15, 0.2) is 77.7 Å². The zero-order valence-electron chi connectivity index (χ0n) is 13.8. The van der Waals surface area contributed by atoms with Gasteiger partial charge in [0, 0.05) is 5.56 Å². The highest BCUT2D eigenvalue weighted by atomic mass is 32.2. The summed E-state index contributed by atoms with van der Waals surface area (Å²) in [7, 11) is -4.12. The number of halogens is 2. The van der Waals surface area contributed by atoms with Crippen molar-refractivity contribution in [3.8, 4) is 0 Å². The Labute approximate surface area is 154 Å². The lowest BCUT2D eigenvalue weighted by Crippen LogP contribution is -2.15. The molecule has 0 fully saturated rings. The van der Waals surface area contributed by atoms with E-state index in [-0.39, 0.29) is 16.3 Å². The first-order valence-corrected chi connectivity index (χ1v) is 9.28. The van der Waals surface area contributed by atoms with Crippen molar-refractivity contribution >= 4 is 27.3 Å². The second kappa shape index (κ2) is 7.55. The molecule has 3 aromatic rings. The maximum atomic E-state index is 14.3. The van der Waals surface area contributed by atoms with Gasteiger partial charge in [0.2, 0.25) is 0 Å². The van der Waals surface area contributed by atoms with Crippen LogP contribution in [0.25, 0.3) is 0 Å². The molecule has 3 rings (SSSR count). The molecule has 0 saturated heterocycles. The quantitative estimate of drug-likeness (QED) is 0.693. The molecule has 0 aromatic heterocycles. The molecule has 0 radical (unpaired) electrons. The summed E-state index contributed by atoms with van der Waals surface area (Å²) in [6, 6.07) is 16.2. The maximum absolute atomic E-state index is 14.3. The van der Waals surface area contributed by atoms with E-state index in [1.165, 1.54) is 18.2 Å². The first-order chi connectivity index (χ1) is 12.8. The average Bonchev–Trinajstić information content (AvgIpc) is 2.63. The van der Waals surface area contributed by atoms with Crippen molar-refractivity contribution in [1.82, 2.24) is 0 Å². The monoisotopic (exact) mass is 388 g/mol. The van der Waals surface area contributed by atoms with Crippen LogP contribution < -0.4 is 10.0 Å². The maximum Gasteiger partial charge on any atom is 0.261 e. The van der Waals surface area contributed by atoms with Gasteiger partial charge in [-0.2, -0.15) is 0 Å². The lowest BCUT2D eigenvalue weighted by molar-refractivity contribution is 0.102. The fourth-order valence-electron chi connectivity index (χ4n) is 2.31. The highest BCUT2D eigenvalue weighted by molar-refractivity contribution is 7.92. The Balaban J connectivity index is 1.80. The number of carbonyl (C=O) groups excluding carboxylic acids is 1. The molecule has 0 aliphatic heterocycles. The Kier molecular flexibility index (Phi) is 5.18. The molecule has 0 aliphatic rings. The summed E-state index contributed by atoms with van der Waals surface area (Å²) < 4.78 is 54.3. The summed E-state index contributed by atoms with van der Waals surface area (Å²) >= 11 is 0. The molecule has 27 heavy (non-hydrogen) atoms. The Morgan fingerprint density at radius 3 is 2.26 bits per heavy atom. The lowest BCUT2D eigenvalue weighted by atomic mass is 10.2. The summed E-state index contributed by atoms with van der Waals surface area (Å²) in [5, 5.41) is 2.38. The number of nitrogens with one attached hydrogen (secondary N) is 2. The molecular formula is C19H14F2N2O3S. The van der Waals surface area contributed by atoms with E-state index in [9.17, 15) is 22.0 Å². The standard InChI is InChI=1S/C19H14F2N2O3S/c20-14-7-4-8-15(11-14)23-27(25,26)16-9-10-18(17(21)12-16)22-19(24)13-5-2-1-3-6-13/h1-12,23H,(H,22,24). The molecule has 0 aliphatic carbocycles. The number of rotatable bonds is 5. The predicted octanol–water partition coefficient (Wildman–Crippen LogP) is 4.02. The van der Waals surface area contributed by atoms with Gasteiger partial charge in [-0.1, -0.05) is 24.3 Å². The first kappa shape index (κ1) is 18.5. The number of hydrogen-bond acceptors (Lipinski definition) is 3. The Morgan fingerprint density at radius 1 is 0.852 bits per heavy atom. The number of anilines is 2. The van der Waals surface area contributed by atoms with Crippen LogP contribution in [-0.4, -0.2) is 14.3 Å². The molecule has 0 atom stereocenters. The number of hydrogen-bond donors (Lipinski definition) is 2. The molecule has 8 heteroatoms. The molecule has 5 nitrogen and oxygen atoms in total. The van der Waals surface area contributed by atoms with Crippen molar-refractivity contribution in [2.24, 2.45) is 0 Å². The van der Waals surface area contributed by atoms with Crippen LogP contribution in [0.4, 0.5) is 20.2 Å². The van der Waals surface area contributed by atoms with Crippen LogP contribution in [-0.2, 0) is 10.0 Å². The van der Waals surface area contributed by atoms with Gasteiger partial charge in [-0.15, -0.1) is 0 Å². The highest BCUT2D eigenvalue weighted by Gasteiger charge is 2.18. The minimum atomic E-state index is -4.12. The van der Waals surface area contributed by atoms with Crippen LogP contribution in [0.1, 0.15) is 10.4 Å². The molecule has 138 valence electrons. The van der Waals surface area contributed by atoms with Gasteiger partial charge < -0.3 is 5.32 Å². The third-order valence-corrected chi connectivity index (χ3v) is 4.99. The van der Waals surface area contributed by atoms with Gasteiger partial charge in [0.05, 0.1) is 16.3 Å². The van der Waals surface area contributed by atoms with Crippen molar-refractivity contribution in [2.75, 3.05) is 10.0 Å². The fraction of sp³-hybridized carbons (Fsp3) is 0. The van der Waals surface area contributed by atoms with Gasteiger partial charge >= 0.3 is 0 Å². The summed E-state index contributed by atoms with van der Waals surface area (Å²) in [6.45, 7) is 0. The van der Waals surface area contributed by atoms with Crippen molar-refractivity contribution < 1.29 is 22.0 Å². The third kappa shape index (κ3) is 4.48. The summed E-state index contributed by atoms with van der Waals surface area (Å²) in [4.78, 5) is 11.7. The first-order valence-electron chi connectivity index (χ1n) is 7.79. The van der Waals surface area contributed by atoms with Crippen molar-refractivity contribution in [1.29, 1.82) is 0 Å². The number of carbonyl (C=O) groups is 1. The average molecular weight is 388 g/mol. The SMILES string of the molecule is O=C(Nc1ccc(S(=O)(=O)Nc2cccc(F)c2)cc1F)c1ccccc1. The molecule has 3 aromatic carbocycles. The largest absolute Gasteiger partial charge is 0.319 e. The van der Waals surface area contributed by atoms with Gasteiger partial charge in [-0.25, -0.2) is 17.2 Å². The minimum absolute atomic E-state index is 0.0110. The number of benzene rings is 3. The van der Waals surface area contributed by atoms with Crippen LogP contribution in [0.5, 0.6) is 0 Å². The van der Waals surface area contributed by atoms with Crippen molar-refractivity contribution in [2.45, 2.75) is 4.90 Å². The fourth-order valence-corrected chi connectivity index (χ4v) is 3.38. The Morgan fingerprint density at radius 2 is 1.59 bits per heavy atom.